The molecule has 5 rings (SSSR count). The Bertz CT molecular complexity index is 869. The molecule has 10 nitrogen and oxygen atoms in total. The van der Waals surface area contributed by atoms with Gasteiger partial charge in [-0.05, 0) is 19.3 Å². The van der Waals surface area contributed by atoms with E-state index in [1.54, 1.807) is 15.9 Å². The van der Waals surface area contributed by atoms with Crippen molar-refractivity contribution in [1.29, 1.82) is 0 Å². The van der Waals surface area contributed by atoms with E-state index in [0.29, 0.717) is 39.0 Å². The number of ether oxygens (including phenoxy) is 1. The number of hydrogen-bond acceptors (Lipinski definition) is 7. The fraction of sp³-hybridized carbons (Fsp3) is 0.632. The number of aryl methyl sites for hydroxylation is 1. The minimum Gasteiger partial charge on any atom is -0.438 e. The Balaban J connectivity index is 1.15. The zero-order valence-corrected chi connectivity index (χ0v) is 16.1. The summed E-state index contributed by atoms with van der Waals surface area (Å²) < 4.78 is 13.2. The summed E-state index contributed by atoms with van der Waals surface area (Å²) in [6.07, 6.45) is 9.13. The number of aromatic nitrogens is 4. The number of hydrogen-bond donors (Lipinski definition) is 1. The second kappa shape index (κ2) is 7.25. The Morgan fingerprint density at radius 1 is 1.34 bits per heavy atom. The van der Waals surface area contributed by atoms with Crippen molar-refractivity contribution in [3.8, 4) is 0 Å². The molecular formula is C19H24N6O4. The minimum absolute atomic E-state index is 0.0366. The molecule has 0 aliphatic carbocycles. The molecule has 1 N–H and O–H groups in total. The second-order valence-electron chi connectivity index (χ2n) is 8.15. The monoisotopic (exact) mass is 400 g/mol. The Morgan fingerprint density at radius 2 is 2.28 bits per heavy atom. The van der Waals surface area contributed by atoms with Crippen LogP contribution >= 0.6 is 0 Å². The highest BCUT2D eigenvalue weighted by atomic mass is 16.5. The van der Waals surface area contributed by atoms with Gasteiger partial charge in [-0.15, -0.1) is 0 Å². The van der Waals surface area contributed by atoms with Crippen molar-refractivity contribution in [3.05, 3.63) is 31.0 Å². The SMILES string of the molecule is O=C(CCCn1cncn1)NC[C@H]1[C@H]2CN(C(=O)c3cnco3)C[C@]23CC[C@H]1O3. The van der Waals surface area contributed by atoms with Gasteiger partial charge in [-0.3, -0.25) is 14.3 Å². The summed E-state index contributed by atoms with van der Waals surface area (Å²) in [5.74, 6) is 0.621. The van der Waals surface area contributed by atoms with E-state index in [1.165, 1.54) is 18.9 Å². The highest BCUT2D eigenvalue weighted by molar-refractivity contribution is 5.91. The van der Waals surface area contributed by atoms with Crippen molar-refractivity contribution in [2.24, 2.45) is 11.8 Å². The third-order valence-corrected chi connectivity index (χ3v) is 6.51. The molecule has 0 aromatic carbocycles. The van der Waals surface area contributed by atoms with Gasteiger partial charge < -0.3 is 19.4 Å². The Hall–Kier alpha value is -2.75. The molecule has 10 heteroatoms. The van der Waals surface area contributed by atoms with E-state index in [1.807, 2.05) is 0 Å². The summed E-state index contributed by atoms with van der Waals surface area (Å²) in [4.78, 5) is 34.5. The molecule has 1 spiro atoms. The smallest absolute Gasteiger partial charge is 0.291 e. The number of nitrogens with zero attached hydrogens (tertiary/aromatic N) is 5. The molecule has 3 saturated heterocycles. The molecule has 0 saturated carbocycles. The lowest BCUT2D eigenvalue weighted by Gasteiger charge is -2.29. The van der Waals surface area contributed by atoms with Gasteiger partial charge in [0.05, 0.1) is 24.4 Å². The number of fused-ring (bicyclic) bond motifs is 1. The van der Waals surface area contributed by atoms with Crippen LogP contribution in [0.1, 0.15) is 36.2 Å². The maximum atomic E-state index is 12.7. The Morgan fingerprint density at radius 3 is 3.07 bits per heavy atom. The van der Waals surface area contributed by atoms with Crippen LogP contribution in [0.4, 0.5) is 0 Å². The highest BCUT2D eigenvalue weighted by Gasteiger charge is 2.63. The maximum Gasteiger partial charge on any atom is 0.291 e. The molecule has 2 aromatic rings. The second-order valence-corrected chi connectivity index (χ2v) is 8.15. The summed E-state index contributed by atoms with van der Waals surface area (Å²) in [6.45, 7) is 2.47. The summed E-state index contributed by atoms with van der Waals surface area (Å²) in [5.41, 5.74) is -0.275. The van der Waals surface area contributed by atoms with E-state index in [-0.39, 0.29) is 41.1 Å². The van der Waals surface area contributed by atoms with Crippen LogP contribution in [-0.4, -0.2) is 67.8 Å². The van der Waals surface area contributed by atoms with Gasteiger partial charge in [-0.1, -0.05) is 0 Å². The zero-order chi connectivity index (χ0) is 19.8. The number of nitrogens with one attached hydrogen (secondary N) is 1. The van der Waals surface area contributed by atoms with Gasteiger partial charge in [0.2, 0.25) is 11.7 Å². The van der Waals surface area contributed by atoms with Crippen molar-refractivity contribution in [2.75, 3.05) is 19.6 Å². The number of carbonyl (C=O) groups is 2. The van der Waals surface area contributed by atoms with Gasteiger partial charge in [0, 0.05) is 37.9 Å². The van der Waals surface area contributed by atoms with Crippen LogP contribution in [0, 0.1) is 11.8 Å². The Labute approximate surface area is 167 Å². The van der Waals surface area contributed by atoms with Gasteiger partial charge in [-0.2, -0.15) is 5.10 Å². The quantitative estimate of drug-likeness (QED) is 0.719. The lowest BCUT2D eigenvalue weighted by atomic mass is 9.73. The van der Waals surface area contributed by atoms with Gasteiger partial charge in [-0.25, -0.2) is 9.97 Å². The third-order valence-electron chi connectivity index (χ3n) is 6.51. The number of likely N-dealkylation sites (tertiary alicyclic amines) is 1. The van der Waals surface area contributed by atoms with Crippen molar-refractivity contribution >= 4 is 11.8 Å². The fourth-order valence-electron chi connectivity index (χ4n) is 5.17. The molecule has 3 aliphatic heterocycles. The van der Waals surface area contributed by atoms with Gasteiger partial charge >= 0.3 is 0 Å². The first-order valence-corrected chi connectivity index (χ1v) is 10.1. The predicted molar refractivity (Wildman–Crippen MR) is 98.5 cm³/mol. The van der Waals surface area contributed by atoms with Crippen LogP contribution in [0.3, 0.4) is 0 Å². The van der Waals surface area contributed by atoms with Crippen molar-refractivity contribution in [3.63, 3.8) is 0 Å². The van der Waals surface area contributed by atoms with Crippen LogP contribution in [0.2, 0.25) is 0 Å². The summed E-state index contributed by atoms with van der Waals surface area (Å²) in [6, 6.07) is 0. The van der Waals surface area contributed by atoms with Crippen LogP contribution in [0.25, 0.3) is 0 Å². The molecule has 2 bridgehead atoms. The molecule has 3 fully saturated rings. The molecule has 3 aliphatic rings. The van der Waals surface area contributed by atoms with Crippen LogP contribution < -0.4 is 5.32 Å². The standard InChI is InChI=1S/C19H24N6O4/c26-17(2-1-5-25-11-21-10-23-25)22-6-13-14-8-24(18(27)16-7-20-12-28-16)9-19(14)4-3-15(13)29-19/h7,10-15H,1-6,8-9H2,(H,22,26)/t13-,14+,15+,19+/m0/s1. The lowest BCUT2D eigenvalue weighted by Crippen LogP contribution is -2.41. The highest BCUT2D eigenvalue weighted by Crippen LogP contribution is 2.54. The molecule has 0 unspecified atom stereocenters. The number of carbonyl (C=O) groups excluding carboxylic acids is 2. The number of amides is 2. The molecule has 29 heavy (non-hydrogen) atoms. The topological polar surface area (TPSA) is 115 Å². The molecule has 2 aromatic heterocycles. The van der Waals surface area contributed by atoms with E-state index in [9.17, 15) is 9.59 Å². The van der Waals surface area contributed by atoms with Crippen LogP contribution in [-0.2, 0) is 16.1 Å². The molecule has 4 atom stereocenters. The average Bonchev–Trinajstić information content (AvgIpc) is 3.52. The minimum atomic E-state index is -0.275. The van der Waals surface area contributed by atoms with Gasteiger partial charge in [0.1, 0.15) is 12.7 Å². The van der Waals surface area contributed by atoms with E-state index < -0.39 is 0 Å². The van der Waals surface area contributed by atoms with E-state index in [0.717, 1.165) is 12.8 Å². The van der Waals surface area contributed by atoms with Crippen LogP contribution in [0.5, 0.6) is 0 Å². The van der Waals surface area contributed by atoms with E-state index in [4.69, 9.17) is 9.15 Å². The lowest BCUT2D eigenvalue weighted by molar-refractivity contribution is -0.121. The first-order valence-electron chi connectivity index (χ1n) is 10.1. The number of oxazole rings is 1. The van der Waals surface area contributed by atoms with Gasteiger partial charge in [0.25, 0.3) is 5.91 Å². The van der Waals surface area contributed by atoms with Crippen molar-refractivity contribution in [1.82, 2.24) is 30.0 Å². The largest absolute Gasteiger partial charge is 0.438 e. The molecule has 5 heterocycles. The van der Waals surface area contributed by atoms with Crippen LogP contribution in [0.15, 0.2) is 29.7 Å². The fourth-order valence-corrected chi connectivity index (χ4v) is 5.17. The third kappa shape index (κ3) is 3.31. The normalized spacial score (nSPS) is 29.9. The maximum absolute atomic E-state index is 12.7. The molecule has 154 valence electrons. The first-order chi connectivity index (χ1) is 14.1. The summed E-state index contributed by atoms with van der Waals surface area (Å²) in [7, 11) is 0. The first kappa shape index (κ1) is 18.3. The number of rotatable bonds is 7. The van der Waals surface area contributed by atoms with Crippen molar-refractivity contribution in [2.45, 2.75) is 43.9 Å². The van der Waals surface area contributed by atoms with E-state index in [2.05, 4.69) is 20.4 Å². The van der Waals surface area contributed by atoms with Crippen molar-refractivity contribution < 1.29 is 18.7 Å². The Kier molecular flexibility index (Phi) is 4.57. The molecule has 2 amide bonds. The average molecular weight is 400 g/mol. The summed E-state index contributed by atoms with van der Waals surface area (Å²) in [5, 5.41) is 7.11. The zero-order valence-electron chi connectivity index (χ0n) is 16.1. The summed E-state index contributed by atoms with van der Waals surface area (Å²) >= 11 is 0. The predicted octanol–water partition coefficient (Wildman–Crippen LogP) is 0.482. The molecule has 0 radical (unpaired) electrons. The van der Waals surface area contributed by atoms with Gasteiger partial charge in [0.15, 0.2) is 6.39 Å². The molecular weight excluding hydrogens is 376 g/mol. The van der Waals surface area contributed by atoms with E-state index >= 15 is 0 Å².